The number of isothiocyanates is 1. The van der Waals surface area contributed by atoms with Gasteiger partial charge in [0.15, 0.2) is 11.6 Å². The molecule has 150 valence electrons. The topological polar surface area (TPSA) is 12.4 Å². The Balaban J connectivity index is 1.81. The van der Waals surface area contributed by atoms with E-state index in [4.69, 9.17) is 0 Å². The maximum absolute atomic E-state index is 14.4. The number of nitrogens with zero attached hydrogens (tertiary/aromatic N) is 1. The smallest absolute Gasteiger partial charge is 0.156 e. The average molecular weight is 418 g/mol. The summed E-state index contributed by atoms with van der Waals surface area (Å²) >= 11 is 4.46. The maximum atomic E-state index is 14.4. The number of rotatable bonds is 5. The van der Waals surface area contributed by atoms with Crippen molar-refractivity contribution in [3.63, 3.8) is 0 Å². The monoisotopic (exact) mass is 417 g/mol. The second-order valence-electron chi connectivity index (χ2n) is 7.02. The van der Waals surface area contributed by atoms with Gasteiger partial charge in [0.2, 0.25) is 0 Å². The van der Waals surface area contributed by atoms with Crippen LogP contribution in [0.3, 0.4) is 0 Å². The predicted octanol–water partition coefficient (Wildman–Crippen LogP) is 7.42. The highest BCUT2D eigenvalue weighted by molar-refractivity contribution is 7.78. The molecule has 3 aromatic carbocycles. The van der Waals surface area contributed by atoms with Crippen LogP contribution in [0, 0.1) is 30.4 Å². The molecular weight excluding hydrogens is 396 g/mol. The standard InChI is InChI=1S/C26H21F2NS/c1-3-4-5-19-6-8-20(9-7-19)10-11-21-12-14-22(15-13-21)23-16-24(27)26(29-17-30)25(28)18(23)2/h6-9,12-16H,3-5H2,1-2H3. The second kappa shape index (κ2) is 10.1. The number of unbranched alkanes of at least 4 members (excludes halogenated alkanes) is 1. The molecule has 0 spiro atoms. The molecular formula is C26H21F2NS. The molecule has 1 nitrogen and oxygen atoms in total. The van der Waals surface area contributed by atoms with Crippen molar-refractivity contribution in [2.24, 2.45) is 4.99 Å². The Morgan fingerprint density at radius 2 is 1.53 bits per heavy atom. The first kappa shape index (κ1) is 21.6. The van der Waals surface area contributed by atoms with Gasteiger partial charge in [0.25, 0.3) is 0 Å². The zero-order valence-electron chi connectivity index (χ0n) is 16.9. The molecule has 0 aliphatic heterocycles. The molecule has 0 heterocycles. The summed E-state index contributed by atoms with van der Waals surface area (Å²) in [5.74, 6) is 4.79. The molecule has 0 saturated heterocycles. The van der Waals surface area contributed by atoms with Gasteiger partial charge >= 0.3 is 0 Å². The Morgan fingerprint density at radius 3 is 2.10 bits per heavy atom. The molecule has 0 N–H and O–H groups in total. The van der Waals surface area contributed by atoms with Gasteiger partial charge in [0.05, 0.1) is 5.16 Å². The highest BCUT2D eigenvalue weighted by Gasteiger charge is 2.16. The summed E-state index contributed by atoms with van der Waals surface area (Å²) in [6.07, 6.45) is 3.46. The van der Waals surface area contributed by atoms with Crippen LogP contribution in [-0.4, -0.2) is 5.16 Å². The van der Waals surface area contributed by atoms with Crippen LogP contribution >= 0.6 is 12.2 Å². The van der Waals surface area contributed by atoms with Crippen LogP contribution in [0.5, 0.6) is 0 Å². The quantitative estimate of drug-likeness (QED) is 0.239. The molecule has 0 radical (unpaired) electrons. The number of halogens is 2. The predicted molar refractivity (Wildman–Crippen MR) is 122 cm³/mol. The van der Waals surface area contributed by atoms with E-state index in [1.54, 1.807) is 19.1 Å². The number of hydrogen-bond donors (Lipinski definition) is 0. The van der Waals surface area contributed by atoms with Gasteiger partial charge in [-0.25, -0.2) is 8.78 Å². The lowest BCUT2D eigenvalue weighted by atomic mass is 9.98. The molecule has 0 unspecified atom stereocenters. The first-order chi connectivity index (χ1) is 14.5. The molecule has 0 atom stereocenters. The van der Waals surface area contributed by atoms with Crippen molar-refractivity contribution >= 4 is 23.1 Å². The SMILES string of the molecule is CCCCc1ccc(C#Cc2ccc(-c3cc(F)c(N=C=S)c(F)c3C)cc2)cc1. The van der Waals surface area contributed by atoms with E-state index >= 15 is 0 Å². The van der Waals surface area contributed by atoms with Gasteiger partial charge in [-0.15, -0.1) is 0 Å². The van der Waals surface area contributed by atoms with E-state index in [1.165, 1.54) is 24.5 Å². The number of benzene rings is 3. The van der Waals surface area contributed by atoms with Crippen LogP contribution in [0.25, 0.3) is 11.1 Å². The van der Waals surface area contributed by atoms with Gasteiger partial charge in [0.1, 0.15) is 5.69 Å². The third-order valence-corrected chi connectivity index (χ3v) is 5.01. The lowest BCUT2D eigenvalue weighted by Crippen LogP contribution is -1.93. The molecule has 0 aromatic heterocycles. The van der Waals surface area contributed by atoms with E-state index in [-0.39, 0.29) is 0 Å². The molecule has 0 saturated carbocycles. The third-order valence-electron chi connectivity index (χ3n) is 4.92. The van der Waals surface area contributed by atoms with E-state index in [0.29, 0.717) is 16.7 Å². The zero-order valence-corrected chi connectivity index (χ0v) is 17.7. The van der Waals surface area contributed by atoms with E-state index in [2.05, 4.69) is 48.1 Å². The van der Waals surface area contributed by atoms with Gasteiger partial charge in [-0.2, -0.15) is 4.99 Å². The van der Waals surface area contributed by atoms with Crippen LogP contribution in [0.1, 0.15) is 42.0 Å². The van der Waals surface area contributed by atoms with Crippen molar-refractivity contribution in [2.45, 2.75) is 33.1 Å². The fourth-order valence-corrected chi connectivity index (χ4v) is 3.26. The fourth-order valence-electron chi connectivity index (χ4n) is 3.17. The molecule has 0 bridgehead atoms. The van der Waals surface area contributed by atoms with Crippen LogP contribution in [-0.2, 0) is 6.42 Å². The summed E-state index contributed by atoms with van der Waals surface area (Å²) in [6, 6.07) is 16.9. The van der Waals surface area contributed by atoms with Crippen LogP contribution in [0.4, 0.5) is 14.5 Å². The van der Waals surface area contributed by atoms with Crippen molar-refractivity contribution in [1.29, 1.82) is 0 Å². The van der Waals surface area contributed by atoms with Gasteiger partial charge in [-0.05, 0) is 84.6 Å². The maximum Gasteiger partial charge on any atom is 0.156 e. The molecule has 0 amide bonds. The van der Waals surface area contributed by atoms with Crippen molar-refractivity contribution in [3.8, 4) is 23.0 Å². The number of hydrogen-bond acceptors (Lipinski definition) is 2. The molecule has 3 rings (SSSR count). The lowest BCUT2D eigenvalue weighted by molar-refractivity contribution is 0.583. The molecule has 30 heavy (non-hydrogen) atoms. The summed E-state index contributed by atoms with van der Waals surface area (Å²) in [6.45, 7) is 3.77. The number of aliphatic imine (C=N–C) groups is 1. The lowest BCUT2D eigenvalue weighted by Gasteiger charge is -2.10. The summed E-state index contributed by atoms with van der Waals surface area (Å²) in [5, 5.41) is 2.01. The minimum atomic E-state index is -0.767. The van der Waals surface area contributed by atoms with E-state index < -0.39 is 17.3 Å². The van der Waals surface area contributed by atoms with Crippen molar-refractivity contribution in [2.75, 3.05) is 0 Å². The largest absolute Gasteiger partial charge is 0.204 e. The zero-order chi connectivity index (χ0) is 21.5. The van der Waals surface area contributed by atoms with Crippen LogP contribution in [0.2, 0.25) is 0 Å². The fraction of sp³-hybridized carbons (Fsp3) is 0.192. The number of thiocarbonyl (C=S) groups is 1. The van der Waals surface area contributed by atoms with Gasteiger partial charge in [0, 0.05) is 11.1 Å². The van der Waals surface area contributed by atoms with Gasteiger partial charge in [-0.3, -0.25) is 0 Å². The molecule has 3 aromatic rings. The molecule has 4 heteroatoms. The highest BCUT2D eigenvalue weighted by atomic mass is 32.1. The summed E-state index contributed by atoms with van der Waals surface area (Å²) < 4.78 is 28.6. The van der Waals surface area contributed by atoms with Gasteiger partial charge in [-0.1, -0.05) is 49.5 Å². The number of aryl methyl sites for hydroxylation is 1. The second-order valence-corrected chi connectivity index (χ2v) is 7.21. The van der Waals surface area contributed by atoms with Gasteiger partial charge < -0.3 is 0 Å². The minimum absolute atomic E-state index is 0.308. The molecule has 0 aliphatic rings. The summed E-state index contributed by atoms with van der Waals surface area (Å²) in [7, 11) is 0. The summed E-state index contributed by atoms with van der Waals surface area (Å²) in [4.78, 5) is 3.49. The van der Waals surface area contributed by atoms with E-state index in [1.807, 2.05) is 29.4 Å². The highest BCUT2D eigenvalue weighted by Crippen LogP contribution is 2.33. The first-order valence-corrected chi connectivity index (χ1v) is 10.2. The van der Waals surface area contributed by atoms with E-state index in [0.717, 1.165) is 17.5 Å². The Morgan fingerprint density at radius 1 is 0.933 bits per heavy atom. The summed E-state index contributed by atoms with van der Waals surface area (Å²) in [5.41, 5.74) is 4.17. The Labute approximate surface area is 181 Å². The normalized spacial score (nSPS) is 10.1. The molecule has 0 fully saturated rings. The third kappa shape index (κ3) is 5.07. The molecule has 0 aliphatic carbocycles. The average Bonchev–Trinajstić information content (AvgIpc) is 2.77. The Bertz CT molecular complexity index is 1150. The van der Waals surface area contributed by atoms with Crippen molar-refractivity contribution in [3.05, 3.63) is 88.5 Å². The van der Waals surface area contributed by atoms with Crippen LogP contribution in [0.15, 0.2) is 59.6 Å². The Kier molecular flexibility index (Phi) is 7.25. The van der Waals surface area contributed by atoms with E-state index in [9.17, 15) is 8.78 Å². The van der Waals surface area contributed by atoms with Crippen molar-refractivity contribution < 1.29 is 8.78 Å². The first-order valence-electron chi connectivity index (χ1n) is 9.81. The minimum Gasteiger partial charge on any atom is -0.204 e. The Hall–Kier alpha value is -3.12. The van der Waals surface area contributed by atoms with Crippen molar-refractivity contribution in [1.82, 2.24) is 0 Å². The van der Waals surface area contributed by atoms with Crippen LogP contribution < -0.4 is 0 Å².